The van der Waals surface area contributed by atoms with Gasteiger partial charge in [-0.25, -0.2) is 0 Å². The molecule has 6 aromatic carbocycles. The molecule has 0 aliphatic carbocycles. The van der Waals surface area contributed by atoms with Crippen molar-refractivity contribution in [3.63, 3.8) is 0 Å². The Balaban J connectivity index is 1.53. The largest absolute Gasteiger partial charge is 0.530 e. The highest BCUT2D eigenvalue weighted by atomic mass is 31.2. The molecule has 85 heavy (non-hydrogen) atoms. The van der Waals surface area contributed by atoms with Gasteiger partial charge in [-0.1, -0.05) is 366 Å². The molecule has 0 amide bonds. The molecule has 6 rings (SSSR count). The normalized spacial score (nSPS) is 12.7. The van der Waals surface area contributed by atoms with Gasteiger partial charge < -0.3 is 13.6 Å². The van der Waals surface area contributed by atoms with Crippen molar-refractivity contribution >= 4 is 8.60 Å². The molecule has 0 atom stereocenters. The van der Waals surface area contributed by atoms with Crippen LogP contribution in [0.25, 0.3) is 0 Å². The van der Waals surface area contributed by atoms with Gasteiger partial charge in [-0.05, 0) is 87.1 Å². The minimum absolute atomic E-state index is 0.203. The summed E-state index contributed by atoms with van der Waals surface area (Å²) >= 11 is 0. The van der Waals surface area contributed by atoms with Gasteiger partial charge in [0.2, 0.25) is 0 Å². The molecule has 0 unspecified atom stereocenters. The second kappa shape index (κ2) is 32.9. The molecule has 0 aliphatic heterocycles. The van der Waals surface area contributed by atoms with Gasteiger partial charge >= 0.3 is 8.60 Å². The predicted molar refractivity (Wildman–Crippen MR) is 371 cm³/mol. The molecule has 0 radical (unpaired) electrons. The van der Waals surface area contributed by atoms with Crippen molar-refractivity contribution in [2.24, 2.45) is 0 Å². The summed E-state index contributed by atoms with van der Waals surface area (Å²) in [6, 6.07) is 54.0. The first-order valence-corrected chi connectivity index (χ1v) is 35.1. The molecule has 0 N–H and O–H groups in total. The molecule has 464 valence electrons. The van der Waals surface area contributed by atoms with Crippen molar-refractivity contribution in [3.8, 4) is 17.2 Å². The van der Waals surface area contributed by atoms with E-state index in [0.717, 1.165) is 36.5 Å². The van der Waals surface area contributed by atoms with Crippen molar-refractivity contribution in [1.82, 2.24) is 0 Å². The lowest BCUT2D eigenvalue weighted by molar-refractivity contribution is 0.358. The van der Waals surface area contributed by atoms with Gasteiger partial charge in [-0.3, -0.25) is 0 Å². The fraction of sp³-hybridized carbons (Fsp3) is 0.556. The summed E-state index contributed by atoms with van der Waals surface area (Å²) in [5, 5.41) is 0. The van der Waals surface area contributed by atoms with E-state index in [9.17, 15) is 0 Å². The smallest absolute Gasteiger partial charge is 0.408 e. The van der Waals surface area contributed by atoms with Gasteiger partial charge in [0.15, 0.2) is 0 Å². The van der Waals surface area contributed by atoms with Gasteiger partial charge in [0.05, 0.1) is 0 Å². The van der Waals surface area contributed by atoms with Crippen molar-refractivity contribution < 1.29 is 13.6 Å². The minimum Gasteiger partial charge on any atom is -0.408 e. The zero-order valence-electron chi connectivity index (χ0n) is 56.5. The van der Waals surface area contributed by atoms with E-state index in [4.69, 9.17) is 13.6 Å². The maximum absolute atomic E-state index is 7.66. The van der Waals surface area contributed by atoms with Crippen LogP contribution in [0.1, 0.15) is 308 Å². The van der Waals surface area contributed by atoms with E-state index in [-0.39, 0.29) is 32.5 Å². The Bertz CT molecular complexity index is 2550. The molecule has 3 nitrogen and oxygen atoms in total. The van der Waals surface area contributed by atoms with E-state index in [0.29, 0.717) is 0 Å². The van der Waals surface area contributed by atoms with Crippen LogP contribution in [0.3, 0.4) is 0 Å². The summed E-state index contributed by atoms with van der Waals surface area (Å²) < 4.78 is 23.0. The average Bonchev–Trinajstić information content (AvgIpc) is 2.58. The molecule has 0 saturated heterocycles. The van der Waals surface area contributed by atoms with Crippen LogP contribution < -0.4 is 13.6 Å². The second-order valence-electron chi connectivity index (χ2n) is 28.9. The monoisotopic (exact) mass is 1170 g/mol. The maximum atomic E-state index is 7.66. The Labute approximate surface area is 522 Å². The summed E-state index contributed by atoms with van der Waals surface area (Å²) in [5.41, 5.74) is 10.0. The summed E-state index contributed by atoms with van der Waals surface area (Å²) in [6.45, 7) is 35.7. The number of unbranched alkanes of at least 4 members (excludes halogenated alkanes) is 18. The number of hydrogen-bond donors (Lipinski definition) is 0. The Morgan fingerprint density at radius 3 is 0.718 bits per heavy atom. The Kier molecular flexibility index (Phi) is 26.8. The van der Waals surface area contributed by atoms with E-state index in [1.54, 1.807) is 0 Å². The van der Waals surface area contributed by atoms with Crippen LogP contribution in [0.5, 0.6) is 17.2 Å². The standard InChI is InChI=1S/C81H117O3P/c1-16-19-22-25-28-31-43-58-76(4,5)70-61-67(79(10,11)64-46-37-34-38-47-64)52-55-73(70)82-85(83-74-56-53-68(80(12,13)65-48-39-35-40-49-65)62-71(74)77(6,7)59-44-32-29-26-23-20-17-2)84-75-57-54-69(81(14,15)66-50-41-36-42-51-66)63-72(75)78(8,9)60-45-33-30-27-24-21-18-3/h34-42,46-57,61-63H,16-33,43-45,58-60H2,1-15H3. The van der Waals surface area contributed by atoms with Crippen LogP contribution in [-0.4, -0.2) is 0 Å². The summed E-state index contributed by atoms with van der Waals surface area (Å²) in [7, 11) is -2.10. The maximum Gasteiger partial charge on any atom is 0.530 e. The van der Waals surface area contributed by atoms with Crippen LogP contribution in [0.4, 0.5) is 0 Å². The third-order valence-electron chi connectivity index (χ3n) is 19.5. The zero-order chi connectivity index (χ0) is 61.6. The van der Waals surface area contributed by atoms with Crippen molar-refractivity contribution in [1.29, 1.82) is 0 Å². The van der Waals surface area contributed by atoms with E-state index < -0.39 is 8.60 Å². The summed E-state index contributed by atoms with van der Waals surface area (Å²) in [4.78, 5) is 0. The topological polar surface area (TPSA) is 27.7 Å². The van der Waals surface area contributed by atoms with Crippen molar-refractivity contribution in [2.45, 2.75) is 290 Å². The summed E-state index contributed by atoms with van der Waals surface area (Å²) in [6.07, 6.45) is 29.9. The van der Waals surface area contributed by atoms with Crippen molar-refractivity contribution in [3.05, 3.63) is 196 Å². The first-order valence-electron chi connectivity index (χ1n) is 34.0. The molecule has 0 aliphatic rings. The lowest BCUT2D eigenvalue weighted by atomic mass is 9.74. The third-order valence-corrected chi connectivity index (χ3v) is 20.5. The van der Waals surface area contributed by atoms with Gasteiger partial charge in [0.25, 0.3) is 0 Å². The van der Waals surface area contributed by atoms with Crippen LogP contribution in [-0.2, 0) is 32.5 Å². The van der Waals surface area contributed by atoms with E-state index in [1.165, 1.54) is 185 Å². The van der Waals surface area contributed by atoms with Gasteiger partial charge in [-0.15, -0.1) is 0 Å². The molecule has 0 spiro atoms. The third kappa shape index (κ3) is 19.8. The van der Waals surface area contributed by atoms with Crippen LogP contribution in [0, 0.1) is 0 Å². The Morgan fingerprint density at radius 1 is 0.259 bits per heavy atom. The quantitative estimate of drug-likeness (QED) is 0.0284. The molecule has 4 heteroatoms. The molecule has 6 aromatic rings. The molecular weight excluding hydrogens is 1050 g/mol. The van der Waals surface area contributed by atoms with E-state index >= 15 is 0 Å². The molecule has 0 bridgehead atoms. The Morgan fingerprint density at radius 2 is 0.482 bits per heavy atom. The number of rotatable bonds is 39. The van der Waals surface area contributed by atoms with E-state index in [2.05, 4.69) is 249 Å². The van der Waals surface area contributed by atoms with Crippen LogP contribution in [0.15, 0.2) is 146 Å². The average molecular weight is 1170 g/mol. The number of hydrogen-bond acceptors (Lipinski definition) is 3. The van der Waals surface area contributed by atoms with E-state index in [1.807, 2.05) is 0 Å². The fourth-order valence-electron chi connectivity index (χ4n) is 12.9. The molecule has 0 aromatic heterocycles. The minimum atomic E-state index is -2.10. The van der Waals surface area contributed by atoms with Gasteiger partial charge in [0.1, 0.15) is 17.2 Å². The lowest BCUT2D eigenvalue weighted by Crippen LogP contribution is -2.24. The molecular formula is C81H117O3P. The van der Waals surface area contributed by atoms with Crippen molar-refractivity contribution in [2.75, 3.05) is 0 Å². The highest BCUT2D eigenvalue weighted by molar-refractivity contribution is 7.43. The Hall–Kier alpha value is -4.85. The SMILES string of the molecule is CCCCCCCCCC(C)(C)c1cc(C(C)(C)c2ccccc2)ccc1OP(Oc1ccc(C(C)(C)c2ccccc2)cc1C(C)(C)CCCCCCCCC)Oc1ccc(C(C)(C)c2ccccc2)cc1C(C)(C)CCCCCCCCC. The van der Waals surface area contributed by atoms with Gasteiger partial charge in [-0.2, -0.15) is 0 Å². The predicted octanol–water partition coefficient (Wildman–Crippen LogP) is 25.7. The first-order chi connectivity index (χ1) is 40.6. The summed E-state index contributed by atoms with van der Waals surface area (Å²) in [5.74, 6) is 2.51. The second-order valence-corrected chi connectivity index (χ2v) is 29.9. The molecule has 0 heterocycles. The lowest BCUT2D eigenvalue weighted by Gasteiger charge is -2.34. The van der Waals surface area contributed by atoms with Crippen LogP contribution in [0.2, 0.25) is 0 Å². The fourth-order valence-corrected chi connectivity index (χ4v) is 14.0. The zero-order valence-corrected chi connectivity index (χ0v) is 57.4. The number of benzene rings is 6. The molecule has 0 fully saturated rings. The van der Waals surface area contributed by atoms with Crippen LogP contribution >= 0.6 is 8.60 Å². The highest BCUT2D eigenvalue weighted by Crippen LogP contribution is 2.53. The molecule has 0 saturated carbocycles. The van der Waals surface area contributed by atoms with Gasteiger partial charge in [0, 0.05) is 32.9 Å². The first kappa shape index (κ1) is 69.3. The highest BCUT2D eigenvalue weighted by Gasteiger charge is 2.37.